The van der Waals surface area contributed by atoms with E-state index in [9.17, 15) is 19.2 Å². The molecule has 8 nitrogen and oxygen atoms in total. The SMILES string of the molecule is CCOC(=O)Cn1cc(C(=O)C(=O)N(C)CC)c2cc(NC(=O)c3ccc(C)cc3)ccc21. The second kappa shape index (κ2) is 10.1. The molecule has 0 saturated carbocycles. The maximum atomic E-state index is 13.0. The first-order valence-corrected chi connectivity index (χ1v) is 10.7. The van der Waals surface area contributed by atoms with E-state index in [1.165, 1.54) is 11.1 Å². The molecule has 0 aliphatic rings. The molecule has 0 aliphatic heterocycles. The van der Waals surface area contributed by atoms with Crippen molar-refractivity contribution in [1.29, 1.82) is 0 Å². The highest BCUT2D eigenvalue weighted by Gasteiger charge is 2.25. The molecular formula is C25H27N3O5. The summed E-state index contributed by atoms with van der Waals surface area (Å²) in [5.41, 5.74) is 2.74. The van der Waals surface area contributed by atoms with Crippen LogP contribution in [0.1, 0.15) is 40.1 Å². The lowest BCUT2D eigenvalue weighted by atomic mass is 10.1. The van der Waals surface area contributed by atoms with Gasteiger partial charge in [-0.1, -0.05) is 17.7 Å². The number of carbonyl (C=O) groups is 4. The van der Waals surface area contributed by atoms with Crippen molar-refractivity contribution < 1.29 is 23.9 Å². The monoisotopic (exact) mass is 449 g/mol. The van der Waals surface area contributed by atoms with Gasteiger partial charge in [-0.25, -0.2) is 0 Å². The van der Waals surface area contributed by atoms with Crippen molar-refractivity contribution in [3.8, 4) is 0 Å². The van der Waals surface area contributed by atoms with Crippen LogP contribution in [0.15, 0.2) is 48.7 Å². The number of fused-ring (bicyclic) bond motifs is 1. The Kier molecular flexibility index (Phi) is 7.27. The molecule has 3 aromatic rings. The summed E-state index contributed by atoms with van der Waals surface area (Å²) in [6.07, 6.45) is 1.48. The van der Waals surface area contributed by atoms with Crippen LogP contribution in [-0.4, -0.2) is 53.2 Å². The molecular weight excluding hydrogens is 422 g/mol. The third-order valence-electron chi connectivity index (χ3n) is 5.32. The minimum atomic E-state index is -0.686. The third-order valence-corrected chi connectivity index (χ3v) is 5.32. The fraction of sp³-hybridized carbons (Fsp3) is 0.280. The number of carbonyl (C=O) groups excluding carboxylic acids is 4. The van der Waals surface area contributed by atoms with Crippen LogP contribution in [0.25, 0.3) is 10.9 Å². The predicted molar refractivity (Wildman–Crippen MR) is 125 cm³/mol. The molecule has 2 aromatic carbocycles. The zero-order valence-corrected chi connectivity index (χ0v) is 19.2. The topological polar surface area (TPSA) is 97.7 Å². The number of aryl methyl sites for hydroxylation is 1. The van der Waals surface area contributed by atoms with E-state index < -0.39 is 17.7 Å². The smallest absolute Gasteiger partial charge is 0.325 e. The van der Waals surface area contributed by atoms with Crippen LogP contribution in [-0.2, 0) is 20.9 Å². The van der Waals surface area contributed by atoms with Crippen LogP contribution in [0.4, 0.5) is 5.69 Å². The van der Waals surface area contributed by atoms with Crippen molar-refractivity contribution >= 4 is 40.2 Å². The van der Waals surface area contributed by atoms with E-state index in [1.54, 1.807) is 55.8 Å². The number of hydrogen-bond donors (Lipinski definition) is 1. The number of ether oxygens (including phenoxy) is 1. The minimum absolute atomic E-state index is 0.107. The summed E-state index contributed by atoms with van der Waals surface area (Å²) >= 11 is 0. The summed E-state index contributed by atoms with van der Waals surface area (Å²) in [7, 11) is 1.55. The first-order valence-electron chi connectivity index (χ1n) is 10.7. The summed E-state index contributed by atoms with van der Waals surface area (Å²) in [6, 6.07) is 12.2. The van der Waals surface area contributed by atoms with Gasteiger partial charge in [0, 0.05) is 41.9 Å². The Morgan fingerprint density at radius 3 is 2.36 bits per heavy atom. The van der Waals surface area contributed by atoms with Crippen molar-refractivity contribution in [2.45, 2.75) is 27.3 Å². The Balaban J connectivity index is 2.00. The van der Waals surface area contributed by atoms with Gasteiger partial charge >= 0.3 is 5.97 Å². The number of Topliss-reactive ketones (excluding diaryl/α,β-unsaturated/α-hetero) is 1. The number of nitrogens with zero attached hydrogens (tertiary/aromatic N) is 2. The van der Waals surface area contributed by atoms with Crippen LogP contribution in [0.2, 0.25) is 0 Å². The number of anilines is 1. The number of benzene rings is 2. The molecule has 0 unspecified atom stereocenters. The Morgan fingerprint density at radius 2 is 1.73 bits per heavy atom. The first kappa shape index (κ1) is 23.7. The summed E-state index contributed by atoms with van der Waals surface area (Å²) in [5.74, 6) is -2.09. The average Bonchev–Trinajstić information content (AvgIpc) is 3.15. The Morgan fingerprint density at radius 1 is 1.03 bits per heavy atom. The molecule has 172 valence electrons. The molecule has 0 fully saturated rings. The highest BCUT2D eigenvalue weighted by atomic mass is 16.5. The zero-order chi connectivity index (χ0) is 24.1. The van der Waals surface area contributed by atoms with Crippen LogP contribution < -0.4 is 5.32 Å². The summed E-state index contributed by atoms with van der Waals surface area (Å²) in [5, 5.41) is 3.28. The molecule has 1 heterocycles. The van der Waals surface area contributed by atoms with Gasteiger partial charge in [0.15, 0.2) is 0 Å². The largest absolute Gasteiger partial charge is 0.465 e. The summed E-state index contributed by atoms with van der Waals surface area (Å²) in [4.78, 5) is 51.5. The van der Waals surface area contributed by atoms with Gasteiger partial charge in [0.25, 0.3) is 17.6 Å². The molecule has 0 atom stereocenters. The lowest BCUT2D eigenvalue weighted by Crippen LogP contribution is -2.33. The van der Waals surface area contributed by atoms with Gasteiger partial charge in [0.05, 0.1) is 12.2 Å². The standard InChI is InChI=1S/C25H27N3O5/c1-5-27(4)25(32)23(30)20-14-28(15-22(29)33-6-2)21-12-11-18(13-19(20)21)26-24(31)17-9-7-16(3)8-10-17/h7-14H,5-6,15H2,1-4H3,(H,26,31). The van der Waals surface area contributed by atoms with E-state index in [1.807, 2.05) is 19.1 Å². The molecule has 8 heteroatoms. The van der Waals surface area contributed by atoms with Crippen molar-refractivity contribution in [2.75, 3.05) is 25.5 Å². The van der Waals surface area contributed by atoms with Gasteiger partial charge in [-0.05, 0) is 51.1 Å². The van der Waals surface area contributed by atoms with Gasteiger partial charge in [0.2, 0.25) is 0 Å². The van der Waals surface area contributed by atoms with Crippen molar-refractivity contribution in [2.24, 2.45) is 0 Å². The number of rotatable bonds is 8. The van der Waals surface area contributed by atoms with Crippen LogP contribution in [0.5, 0.6) is 0 Å². The van der Waals surface area contributed by atoms with E-state index in [0.29, 0.717) is 28.7 Å². The highest BCUT2D eigenvalue weighted by molar-refractivity contribution is 6.44. The number of esters is 1. The van der Waals surface area contributed by atoms with E-state index in [0.717, 1.165) is 5.56 Å². The number of ketones is 1. The molecule has 0 radical (unpaired) electrons. The average molecular weight is 450 g/mol. The van der Waals surface area contributed by atoms with Gasteiger partial charge < -0.3 is 19.5 Å². The fourth-order valence-corrected chi connectivity index (χ4v) is 3.37. The van der Waals surface area contributed by atoms with Crippen molar-refractivity contribution in [3.63, 3.8) is 0 Å². The predicted octanol–water partition coefficient (Wildman–Crippen LogP) is 3.43. The van der Waals surface area contributed by atoms with Crippen molar-refractivity contribution in [3.05, 3.63) is 65.4 Å². The molecule has 0 saturated heterocycles. The zero-order valence-electron chi connectivity index (χ0n) is 19.2. The van der Waals surface area contributed by atoms with Crippen LogP contribution >= 0.6 is 0 Å². The number of likely N-dealkylation sites (N-methyl/N-ethyl adjacent to an activating group) is 1. The van der Waals surface area contributed by atoms with Gasteiger partial charge in [0.1, 0.15) is 6.54 Å². The van der Waals surface area contributed by atoms with Gasteiger partial charge in [-0.3, -0.25) is 19.2 Å². The van der Waals surface area contributed by atoms with Gasteiger partial charge in [-0.2, -0.15) is 0 Å². The Bertz CT molecular complexity index is 1210. The van der Waals surface area contributed by atoms with E-state index in [2.05, 4.69) is 5.32 Å². The number of hydrogen-bond acceptors (Lipinski definition) is 5. The molecule has 0 spiro atoms. The first-order chi connectivity index (χ1) is 15.7. The second-order valence-electron chi connectivity index (χ2n) is 7.68. The lowest BCUT2D eigenvalue weighted by Gasteiger charge is -2.12. The quantitative estimate of drug-likeness (QED) is 0.323. The number of amides is 2. The summed E-state index contributed by atoms with van der Waals surface area (Å²) in [6.45, 7) is 5.93. The molecule has 2 amide bonds. The van der Waals surface area contributed by atoms with Crippen LogP contribution in [0.3, 0.4) is 0 Å². The Hall–Kier alpha value is -3.94. The third kappa shape index (κ3) is 5.28. The molecule has 3 rings (SSSR count). The molecule has 33 heavy (non-hydrogen) atoms. The Labute approximate surface area is 192 Å². The minimum Gasteiger partial charge on any atom is -0.465 e. The maximum Gasteiger partial charge on any atom is 0.325 e. The fourth-order valence-electron chi connectivity index (χ4n) is 3.37. The molecule has 0 bridgehead atoms. The lowest BCUT2D eigenvalue weighted by molar-refractivity contribution is -0.143. The molecule has 1 N–H and O–H groups in total. The second-order valence-corrected chi connectivity index (χ2v) is 7.68. The number of aromatic nitrogens is 1. The summed E-state index contributed by atoms with van der Waals surface area (Å²) < 4.78 is 6.60. The van der Waals surface area contributed by atoms with E-state index >= 15 is 0 Å². The molecule has 1 aromatic heterocycles. The van der Waals surface area contributed by atoms with E-state index in [-0.39, 0.29) is 24.6 Å². The molecule has 0 aliphatic carbocycles. The number of nitrogens with one attached hydrogen (secondary N) is 1. The highest BCUT2D eigenvalue weighted by Crippen LogP contribution is 2.26. The normalized spacial score (nSPS) is 10.7. The van der Waals surface area contributed by atoms with Crippen LogP contribution in [0, 0.1) is 6.92 Å². The van der Waals surface area contributed by atoms with E-state index in [4.69, 9.17) is 4.74 Å². The van der Waals surface area contributed by atoms with Gasteiger partial charge in [-0.15, -0.1) is 0 Å². The maximum absolute atomic E-state index is 13.0. The van der Waals surface area contributed by atoms with Crippen molar-refractivity contribution in [1.82, 2.24) is 9.47 Å².